The fourth-order valence-electron chi connectivity index (χ4n) is 1.16. The summed E-state index contributed by atoms with van der Waals surface area (Å²) in [7, 11) is 1.81. The summed E-state index contributed by atoms with van der Waals surface area (Å²) < 4.78 is 2.84. The molecule has 5 nitrogen and oxygen atoms in total. The molecule has 0 aliphatic heterocycles. The van der Waals surface area contributed by atoms with Gasteiger partial charge >= 0.3 is 11.9 Å². The van der Waals surface area contributed by atoms with Crippen molar-refractivity contribution in [2.45, 2.75) is 0 Å². The Morgan fingerprint density at radius 3 is 2.60 bits per heavy atom. The van der Waals surface area contributed by atoms with Crippen molar-refractivity contribution in [3.05, 3.63) is 27.8 Å². The van der Waals surface area contributed by atoms with Gasteiger partial charge in [-0.15, -0.1) is 0 Å². The summed E-state index contributed by atoms with van der Waals surface area (Å²) in [6.45, 7) is 0. The Morgan fingerprint density at radius 2 is 2.07 bits per heavy atom. The van der Waals surface area contributed by atoms with Gasteiger partial charge in [0.1, 0.15) is 0 Å². The zero-order chi connectivity index (χ0) is 10.8. The van der Waals surface area contributed by atoms with Crippen LogP contribution in [-0.2, 0) is 7.05 Å². The molecule has 0 saturated heterocycles. The lowest BCUT2D eigenvalue weighted by Crippen LogP contribution is -2.33. The van der Waals surface area contributed by atoms with Gasteiger partial charge in [0, 0.05) is 9.26 Å². The number of H-pyrrole nitrogens is 1. The van der Waals surface area contributed by atoms with Crippen LogP contribution in [0.15, 0.2) is 24.3 Å². The Morgan fingerprint density at radius 1 is 1.40 bits per heavy atom. The second-order valence-electron chi connectivity index (χ2n) is 3.12. The van der Waals surface area contributed by atoms with E-state index in [1.807, 2.05) is 24.3 Å². The zero-order valence-electron chi connectivity index (χ0n) is 8.16. The Bertz CT molecular complexity index is 442. The van der Waals surface area contributed by atoms with Gasteiger partial charge in [-0.25, -0.2) is 5.10 Å². The van der Waals surface area contributed by atoms with Crippen molar-refractivity contribution in [1.82, 2.24) is 10.1 Å². The summed E-state index contributed by atoms with van der Waals surface area (Å²) in [6, 6.07) is 8.02. The Balaban J connectivity index is 2.18. The van der Waals surface area contributed by atoms with Crippen LogP contribution in [-0.4, -0.2) is 10.1 Å². The van der Waals surface area contributed by atoms with Crippen LogP contribution in [0.4, 0.5) is 17.6 Å². The molecule has 0 amide bonds. The number of aromatic amines is 1. The fraction of sp³-hybridized carbons (Fsp3) is 0.111. The van der Waals surface area contributed by atoms with Gasteiger partial charge in [0.25, 0.3) is 0 Å². The number of anilines is 3. The maximum Gasteiger partial charge on any atom is 0.410 e. The third-order valence-corrected chi connectivity index (χ3v) is 2.67. The standard InChI is InChI=1S/C9H10IN5/c1-15-8(11)13-9(14-15)12-7-4-2-6(10)3-5-7/h2-5H,1H3,(H3,11,12,13,14)/p+1. The molecule has 0 unspecified atom stereocenters. The number of nitrogen functional groups attached to an aromatic ring is 1. The number of hydrogen-bond acceptors (Lipinski definition) is 3. The fourth-order valence-corrected chi connectivity index (χ4v) is 1.52. The average Bonchev–Trinajstić information content (AvgIpc) is 2.50. The smallest absolute Gasteiger partial charge is 0.310 e. The number of aromatic nitrogens is 3. The van der Waals surface area contributed by atoms with Crippen LogP contribution in [0.2, 0.25) is 0 Å². The lowest BCUT2D eigenvalue weighted by atomic mass is 10.3. The van der Waals surface area contributed by atoms with Crippen molar-refractivity contribution in [3.63, 3.8) is 0 Å². The Labute approximate surface area is 101 Å². The van der Waals surface area contributed by atoms with E-state index >= 15 is 0 Å². The van der Waals surface area contributed by atoms with E-state index < -0.39 is 0 Å². The molecule has 1 aromatic carbocycles. The number of nitrogens with one attached hydrogen (secondary N) is 2. The number of nitrogens with two attached hydrogens (primary N) is 1. The van der Waals surface area contributed by atoms with Gasteiger partial charge in [-0.3, -0.25) is 5.73 Å². The van der Waals surface area contributed by atoms with Gasteiger partial charge in [0.2, 0.25) is 0 Å². The maximum atomic E-state index is 5.60. The molecule has 0 aliphatic carbocycles. The molecule has 0 aliphatic rings. The van der Waals surface area contributed by atoms with Crippen LogP contribution >= 0.6 is 22.6 Å². The van der Waals surface area contributed by atoms with Gasteiger partial charge in [-0.1, -0.05) is 0 Å². The minimum absolute atomic E-state index is 0.447. The van der Waals surface area contributed by atoms with E-state index in [2.05, 4.69) is 38.0 Å². The van der Waals surface area contributed by atoms with E-state index in [0.29, 0.717) is 11.9 Å². The molecule has 0 radical (unpaired) electrons. The van der Waals surface area contributed by atoms with E-state index in [4.69, 9.17) is 5.73 Å². The topological polar surface area (TPSA) is 70.6 Å². The number of nitrogens with zero attached hydrogens (tertiary/aromatic N) is 2. The van der Waals surface area contributed by atoms with Crippen molar-refractivity contribution in [2.75, 3.05) is 11.1 Å². The van der Waals surface area contributed by atoms with Crippen LogP contribution in [0.5, 0.6) is 0 Å². The van der Waals surface area contributed by atoms with E-state index in [0.717, 1.165) is 5.69 Å². The molecule has 2 aromatic rings. The highest BCUT2D eigenvalue weighted by atomic mass is 127. The highest BCUT2D eigenvalue weighted by Gasteiger charge is 2.09. The molecule has 0 spiro atoms. The van der Waals surface area contributed by atoms with Crippen molar-refractivity contribution in [1.29, 1.82) is 0 Å². The molecule has 4 N–H and O–H groups in total. The SMILES string of the molecule is C[n+]1[nH]c(Nc2ccc(I)cc2)nc1N. The van der Waals surface area contributed by atoms with Crippen molar-refractivity contribution in [2.24, 2.45) is 7.05 Å². The van der Waals surface area contributed by atoms with Gasteiger partial charge in [0.05, 0.1) is 7.05 Å². The molecule has 0 bridgehead atoms. The number of rotatable bonds is 2. The first kappa shape index (κ1) is 10.2. The summed E-state index contributed by atoms with van der Waals surface area (Å²) in [6.07, 6.45) is 0. The molecule has 2 rings (SSSR count). The van der Waals surface area contributed by atoms with Gasteiger partial charge in [-0.2, -0.15) is 4.68 Å². The normalized spacial score (nSPS) is 10.3. The summed E-state index contributed by atoms with van der Waals surface area (Å²) in [5.41, 5.74) is 6.57. The summed E-state index contributed by atoms with van der Waals surface area (Å²) >= 11 is 2.26. The number of halogens is 1. The van der Waals surface area contributed by atoms with Crippen molar-refractivity contribution >= 4 is 40.2 Å². The van der Waals surface area contributed by atoms with E-state index in [1.165, 1.54) is 3.57 Å². The quantitative estimate of drug-likeness (QED) is 0.575. The predicted octanol–water partition coefficient (Wildman–Crippen LogP) is 1.16. The zero-order valence-corrected chi connectivity index (χ0v) is 10.3. The Kier molecular flexibility index (Phi) is 2.76. The second-order valence-corrected chi connectivity index (χ2v) is 4.37. The first-order valence-corrected chi connectivity index (χ1v) is 5.47. The van der Waals surface area contributed by atoms with Crippen LogP contribution in [0, 0.1) is 3.57 Å². The van der Waals surface area contributed by atoms with Gasteiger partial charge < -0.3 is 5.32 Å². The van der Waals surface area contributed by atoms with Crippen LogP contribution in [0.3, 0.4) is 0 Å². The molecule has 1 heterocycles. The molecular formula is C9H11IN5+. The molecule has 15 heavy (non-hydrogen) atoms. The van der Waals surface area contributed by atoms with E-state index in [-0.39, 0.29) is 0 Å². The molecule has 6 heteroatoms. The molecular weight excluding hydrogens is 305 g/mol. The van der Waals surface area contributed by atoms with E-state index in [1.54, 1.807) is 11.7 Å². The third-order valence-electron chi connectivity index (χ3n) is 1.95. The minimum Gasteiger partial charge on any atom is -0.310 e. The highest BCUT2D eigenvalue weighted by Crippen LogP contribution is 2.14. The lowest BCUT2D eigenvalue weighted by molar-refractivity contribution is -0.713. The second kappa shape index (κ2) is 4.05. The van der Waals surface area contributed by atoms with Gasteiger partial charge in [-0.05, 0) is 51.8 Å². The first-order valence-electron chi connectivity index (χ1n) is 4.39. The van der Waals surface area contributed by atoms with Crippen LogP contribution < -0.4 is 15.7 Å². The van der Waals surface area contributed by atoms with Crippen LogP contribution in [0.25, 0.3) is 0 Å². The lowest BCUT2D eigenvalue weighted by Gasteiger charge is -1.99. The van der Waals surface area contributed by atoms with Crippen molar-refractivity contribution < 1.29 is 4.68 Å². The Hall–Kier alpha value is -1.31. The molecule has 1 aromatic heterocycles. The monoisotopic (exact) mass is 316 g/mol. The largest absolute Gasteiger partial charge is 0.410 e. The minimum atomic E-state index is 0.447. The molecule has 0 atom stereocenters. The third kappa shape index (κ3) is 2.38. The number of benzene rings is 1. The molecule has 78 valence electrons. The number of hydrogen-bond donors (Lipinski definition) is 3. The van der Waals surface area contributed by atoms with Crippen molar-refractivity contribution in [3.8, 4) is 0 Å². The van der Waals surface area contributed by atoms with E-state index in [9.17, 15) is 0 Å². The predicted molar refractivity (Wildman–Crippen MR) is 66.6 cm³/mol. The summed E-state index contributed by atoms with van der Waals surface area (Å²) in [5.74, 6) is 1.08. The average molecular weight is 316 g/mol. The maximum absolute atomic E-state index is 5.60. The van der Waals surface area contributed by atoms with Gasteiger partial charge in [0.15, 0.2) is 0 Å². The molecule has 0 saturated carbocycles. The first-order chi connectivity index (χ1) is 7.15. The van der Waals surface area contributed by atoms with Crippen LogP contribution in [0.1, 0.15) is 0 Å². The molecule has 0 fully saturated rings. The summed E-state index contributed by atoms with van der Waals surface area (Å²) in [5, 5.41) is 6.10. The summed E-state index contributed by atoms with van der Waals surface area (Å²) in [4.78, 5) is 4.10. The highest BCUT2D eigenvalue weighted by molar-refractivity contribution is 14.1. The number of aryl methyl sites for hydroxylation is 1.